The van der Waals surface area contributed by atoms with Gasteiger partial charge in [0, 0.05) is 11.1 Å². The highest BCUT2D eigenvalue weighted by Crippen LogP contribution is 2.42. The number of nitrogens with zero attached hydrogens (tertiary/aromatic N) is 2. The number of esters is 1. The third-order valence-electron chi connectivity index (χ3n) is 7.51. The van der Waals surface area contributed by atoms with Crippen LogP contribution < -0.4 is 24.4 Å². The van der Waals surface area contributed by atoms with E-state index in [1.807, 2.05) is 97.9 Å². The normalized spacial score (nSPS) is 14.8. The topological polar surface area (TPSA) is 79.1 Å². The van der Waals surface area contributed by atoms with Crippen molar-refractivity contribution in [3.63, 3.8) is 0 Å². The zero-order valence-electron chi connectivity index (χ0n) is 24.3. The van der Waals surface area contributed by atoms with Gasteiger partial charge < -0.3 is 14.2 Å². The van der Waals surface area contributed by atoms with Crippen LogP contribution in [0, 0.1) is 6.92 Å². The summed E-state index contributed by atoms with van der Waals surface area (Å²) in [6, 6.07) is 26.2. The molecule has 5 aromatic rings. The van der Waals surface area contributed by atoms with Crippen LogP contribution in [0.1, 0.15) is 35.2 Å². The zero-order chi connectivity index (χ0) is 30.1. The first-order chi connectivity index (χ1) is 20.9. The molecule has 0 fully saturated rings. The molecule has 0 saturated carbocycles. The zero-order valence-corrected chi connectivity index (χ0v) is 25.1. The lowest BCUT2D eigenvalue weighted by Crippen LogP contribution is -2.40. The summed E-state index contributed by atoms with van der Waals surface area (Å²) in [5.74, 6) is 0.790. The fraction of sp³-hybridized carbons (Fsp3) is 0.171. The number of benzene rings is 4. The Hall–Kier alpha value is -4.95. The van der Waals surface area contributed by atoms with E-state index in [2.05, 4.69) is 0 Å². The van der Waals surface area contributed by atoms with Crippen molar-refractivity contribution < 1.29 is 19.0 Å². The van der Waals surface area contributed by atoms with E-state index in [0.717, 1.165) is 33.2 Å². The van der Waals surface area contributed by atoms with E-state index in [0.29, 0.717) is 26.3 Å². The first-order valence-corrected chi connectivity index (χ1v) is 14.8. The minimum absolute atomic E-state index is 0.172. The second-order valence-electron chi connectivity index (χ2n) is 10.1. The monoisotopic (exact) mass is 590 g/mol. The van der Waals surface area contributed by atoms with Gasteiger partial charge in [0.25, 0.3) is 5.56 Å². The highest BCUT2D eigenvalue weighted by Gasteiger charge is 2.37. The van der Waals surface area contributed by atoms with Crippen molar-refractivity contribution >= 4 is 39.9 Å². The maximum absolute atomic E-state index is 14.4. The summed E-state index contributed by atoms with van der Waals surface area (Å²) in [5.41, 5.74) is 3.74. The van der Waals surface area contributed by atoms with Gasteiger partial charge in [-0.05, 0) is 60.0 Å². The quantitative estimate of drug-likeness (QED) is 0.237. The summed E-state index contributed by atoms with van der Waals surface area (Å²) in [4.78, 5) is 33.7. The molecule has 8 heteroatoms. The predicted octanol–water partition coefficient (Wildman–Crippen LogP) is 5.41. The van der Waals surface area contributed by atoms with Gasteiger partial charge >= 0.3 is 5.97 Å². The lowest BCUT2D eigenvalue weighted by molar-refractivity contribution is -0.138. The molecule has 1 atom stereocenters. The van der Waals surface area contributed by atoms with Gasteiger partial charge in [-0.1, -0.05) is 78.1 Å². The summed E-state index contributed by atoms with van der Waals surface area (Å²) < 4.78 is 19.0. The van der Waals surface area contributed by atoms with Crippen LogP contribution in [0.15, 0.2) is 100 Å². The van der Waals surface area contributed by atoms with Gasteiger partial charge in [0.2, 0.25) is 0 Å². The Kier molecular flexibility index (Phi) is 7.69. The molecular weight excluding hydrogens is 560 g/mol. The molecule has 0 amide bonds. The van der Waals surface area contributed by atoms with Gasteiger partial charge in [-0.15, -0.1) is 0 Å². The average molecular weight is 591 g/mol. The summed E-state index contributed by atoms with van der Waals surface area (Å²) in [6.07, 6.45) is 1.85. The number of hydrogen-bond acceptors (Lipinski definition) is 7. The number of hydrogen-bond donors (Lipinski definition) is 0. The lowest BCUT2D eigenvalue weighted by atomic mass is 9.89. The van der Waals surface area contributed by atoms with Crippen LogP contribution in [0.25, 0.3) is 22.5 Å². The molecule has 0 N–H and O–H groups in total. The van der Waals surface area contributed by atoms with Crippen molar-refractivity contribution in [2.45, 2.75) is 19.9 Å². The molecule has 1 aliphatic heterocycles. The van der Waals surface area contributed by atoms with Crippen LogP contribution in [0.4, 0.5) is 0 Å². The van der Waals surface area contributed by atoms with E-state index < -0.39 is 12.0 Å². The summed E-state index contributed by atoms with van der Waals surface area (Å²) in [5, 5.41) is 1.82. The fourth-order valence-electron chi connectivity index (χ4n) is 5.59. The smallest absolute Gasteiger partial charge is 0.338 e. The molecule has 43 heavy (non-hydrogen) atoms. The summed E-state index contributed by atoms with van der Waals surface area (Å²) in [7, 11) is 3.22. The number of fused-ring (bicyclic) bond motifs is 2. The van der Waals surface area contributed by atoms with Crippen LogP contribution in [0.3, 0.4) is 0 Å². The van der Waals surface area contributed by atoms with Crippen molar-refractivity contribution in [2.24, 2.45) is 4.99 Å². The molecule has 1 aromatic heterocycles. The minimum atomic E-state index is -0.855. The Labute approximate surface area is 252 Å². The summed E-state index contributed by atoms with van der Waals surface area (Å²) in [6.45, 7) is 3.90. The molecule has 0 unspecified atom stereocenters. The fourth-order valence-corrected chi connectivity index (χ4v) is 6.59. The second-order valence-corrected chi connectivity index (χ2v) is 11.1. The molecule has 4 aromatic carbocycles. The lowest BCUT2D eigenvalue weighted by Gasteiger charge is -2.28. The molecule has 0 spiro atoms. The highest BCUT2D eigenvalue weighted by atomic mass is 32.1. The number of ether oxygens (including phenoxy) is 3. The van der Waals surface area contributed by atoms with Crippen molar-refractivity contribution in [1.82, 2.24) is 4.57 Å². The Morgan fingerprint density at radius 2 is 1.67 bits per heavy atom. The van der Waals surface area contributed by atoms with Gasteiger partial charge in [0.1, 0.15) is 17.5 Å². The molecule has 7 nitrogen and oxygen atoms in total. The number of rotatable bonds is 7. The standard InChI is InChI=1S/C35H30N2O5S/c1-5-42-34(39)30-31(24-12-7-6-8-13-24)36-35-37(32(30)29-25-14-10-9-11-23(25)16-18-27(29)41-4)33(38)28(43-35)20-22-15-17-26(40-3)21(2)19-22/h6-20,32H,5H2,1-4H3/t32-/m1/s1. The Balaban J connectivity index is 1.72. The third kappa shape index (κ3) is 5.04. The molecule has 6 rings (SSSR count). The van der Waals surface area contributed by atoms with Gasteiger partial charge in [0.05, 0.1) is 36.6 Å². The molecule has 2 heterocycles. The van der Waals surface area contributed by atoms with Gasteiger partial charge in [-0.25, -0.2) is 9.79 Å². The van der Waals surface area contributed by atoms with Crippen LogP contribution in [0.5, 0.6) is 11.5 Å². The molecule has 0 bridgehead atoms. The van der Waals surface area contributed by atoms with Gasteiger partial charge in [0.15, 0.2) is 4.80 Å². The first-order valence-electron chi connectivity index (χ1n) is 13.9. The van der Waals surface area contributed by atoms with E-state index in [-0.39, 0.29) is 17.7 Å². The maximum Gasteiger partial charge on any atom is 0.338 e. The van der Waals surface area contributed by atoms with Crippen LogP contribution in [-0.2, 0) is 9.53 Å². The molecule has 0 radical (unpaired) electrons. The van der Waals surface area contributed by atoms with Crippen LogP contribution >= 0.6 is 11.3 Å². The van der Waals surface area contributed by atoms with Crippen molar-refractivity contribution in [3.05, 3.63) is 132 Å². The Morgan fingerprint density at radius 3 is 2.40 bits per heavy atom. The number of aromatic nitrogens is 1. The molecule has 0 aliphatic carbocycles. The Bertz CT molecular complexity index is 2080. The largest absolute Gasteiger partial charge is 0.496 e. The van der Waals surface area contributed by atoms with Crippen molar-refractivity contribution in [3.8, 4) is 11.5 Å². The van der Waals surface area contributed by atoms with E-state index in [1.165, 1.54) is 11.3 Å². The third-order valence-corrected chi connectivity index (χ3v) is 8.50. The average Bonchev–Trinajstić information content (AvgIpc) is 3.34. The van der Waals surface area contributed by atoms with E-state index >= 15 is 0 Å². The van der Waals surface area contributed by atoms with E-state index in [1.54, 1.807) is 25.7 Å². The molecule has 216 valence electrons. The van der Waals surface area contributed by atoms with Crippen molar-refractivity contribution in [2.75, 3.05) is 20.8 Å². The number of thiazole rings is 1. The molecular formula is C35H30N2O5S. The number of aryl methyl sites for hydroxylation is 1. The summed E-state index contributed by atoms with van der Waals surface area (Å²) >= 11 is 1.29. The minimum Gasteiger partial charge on any atom is -0.496 e. The van der Waals surface area contributed by atoms with Crippen LogP contribution in [0.2, 0.25) is 0 Å². The Morgan fingerprint density at radius 1 is 0.953 bits per heavy atom. The van der Waals surface area contributed by atoms with Crippen LogP contribution in [-0.4, -0.2) is 31.4 Å². The highest BCUT2D eigenvalue weighted by molar-refractivity contribution is 7.07. The number of methoxy groups -OCH3 is 2. The van der Waals surface area contributed by atoms with Crippen molar-refractivity contribution in [1.29, 1.82) is 0 Å². The first kappa shape index (κ1) is 28.2. The van der Waals surface area contributed by atoms with E-state index in [4.69, 9.17) is 19.2 Å². The van der Waals surface area contributed by atoms with Gasteiger partial charge in [-0.2, -0.15) is 0 Å². The predicted molar refractivity (Wildman–Crippen MR) is 169 cm³/mol. The number of carbonyl (C=O) groups is 1. The molecule has 0 saturated heterocycles. The SMILES string of the molecule is CCOC(=O)C1=C(c2ccccc2)N=c2sc(=Cc3ccc(OC)c(C)c3)c(=O)n2[C@@H]1c1c(OC)ccc2ccccc12. The number of carbonyl (C=O) groups excluding carboxylic acids is 1. The molecule has 1 aliphatic rings. The maximum atomic E-state index is 14.4. The van der Waals surface area contributed by atoms with E-state index in [9.17, 15) is 9.59 Å². The second kappa shape index (κ2) is 11.7. The van der Waals surface area contributed by atoms with Gasteiger partial charge in [-0.3, -0.25) is 9.36 Å².